The molecule has 1 fully saturated rings. The van der Waals surface area contributed by atoms with Gasteiger partial charge in [0.05, 0.1) is 20.1 Å². The third-order valence-electron chi connectivity index (χ3n) is 2.87. The SMILES string of the molecule is COC(=O)COc1c(Br)cc(/C=C2\SC(=O)N(C)C2=O)cc1I. The minimum atomic E-state index is -0.478. The molecule has 2 rings (SSSR count). The molecule has 9 heteroatoms. The van der Waals surface area contributed by atoms with E-state index in [0.29, 0.717) is 15.1 Å². The molecule has 2 amide bonds. The summed E-state index contributed by atoms with van der Waals surface area (Å²) < 4.78 is 11.3. The second-order valence-corrected chi connectivity index (χ2v) is 7.43. The van der Waals surface area contributed by atoms with Gasteiger partial charge in [-0.05, 0) is 74.1 Å². The van der Waals surface area contributed by atoms with E-state index < -0.39 is 5.97 Å². The lowest BCUT2D eigenvalue weighted by molar-refractivity contribution is -0.143. The van der Waals surface area contributed by atoms with Crippen LogP contribution in [0.2, 0.25) is 0 Å². The number of amides is 2. The summed E-state index contributed by atoms with van der Waals surface area (Å²) in [5, 5.41) is -0.298. The van der Waals surface area contributed by atoms with Crippen molar-refractivity contribution >= 4 is 73.5 Å². The van der Waals surface area contributed by atoms with Gasteiger partial charge in [-0.3, -0.25) is 14.5 Å². The minimum Gasteiger partial charge on any atom is -0.480 e. The lowest BCUT2D eigenvalue weighted by Gasteiger charge is -2.10. The summed E-state index contributed by atoms with van der Waals surface area (Å²) in [6, 6.07) is 3.54. The van der Waals surface area contributed by atoms with Gasteiger partial charge in [-0.25, -0.2) is 4.79 Å². The monoisotopic (exact) mass is 511 g/mol. The van der Waals surface area contributed by atoms with Gasteiger partial charge in [-0.1, -0.05) is 0 Å². The fraction of sp³-hybridized carbons (Fsp3) is 0.214. The van der Waals surface area contributed by atoms with Crippen molar-refractivity contribution in [2.45, 2.75) is 0 Å². The van der Waals surface area contributed by atoms with Gasteiger partial charge in [-0.2, -0.15) is 0 Å². The summed E-state index contributed by atoms with van der Waals surface area (Å²) in [6.07, 6.45) is 1.64. The highest BCUT2D eigenvalue weighted by atomic mass is 127. The van der Waals surface area contributed by atoms with Gasteiger partial charge in [0, 0.05) is 7.05 Å². The second kappa shape index (κ2) is 7.67. The Morgan fingerprint density at radius 2 is 2.13 bits per heavy atom. The number of esters is 1. The summed E-state index contributed by atoms with van der Waals surface area (Å²) in [5.74, 6) is -0.290. The molecule has 1 aromatic carbocycles. The maximum absolute atomic E-state index is 11.9. The molecule has 1 saturated heterocycles. The number of hydrogen-bond donors (Lipinski definition) is 0. The molecule has 0 atom stereocenters. The molecule has 1 heterocycles. The lowest BCUT2D eigenvalue weighted by atomic mass is 10.2. The molecule has 0 aromatic heterocycles. The van der Waals surface area contributed by atoms with Crippen LogP contribution in [0, 0.1) is 3.57 Å². The number of carbonyl (C=O) groups is 3. The van der Waals surface area contributed by atoms with Crippen molar-refractivity contribution in [3.05, 3.63) is 30.6 Å². The zero-order valence-corrected chi connectivity index (χ0v) is 16.7. The van der Waals surface area contributed by atoms with Crippen LogP contribution in [-0.4, -0.2) is 42.8 Å². The molecule has 0 radical (unpaired) electrons. The van der Waals surface area contributed by atoms with E-state index in [1.165, 1.54) is 14.2 Å². The number of methoxy groups -OCH3 is 1. The van der Waals surface area contributed by atoms with E-state index in [1.807, 2.05) is 0 Å². The number of ether oxygens (including phenoxy) is 2. The Hall–Kier alpha value is -1.07. The van der Waals surface area contributed by atoms with Crippen LogP contribution in [0.1, 0.15) is 5.56 Å². The molecule has 23 heavy (non-hydrogen) atoms. The van der Waals surface area contributed by atoms with Crippen LogP contribution >= 0.6 is 50.3 Å². The molecular formula is C14H11BrINO5S. The Labute approximate surface area is 158 Å². The van der Waals surface area contributed by atoms with Gasteiger partial charge in [0.1, 0.15) is 5.75 Å². The van der Waals surface area contributed by atoms with Crippen molar-refractivity contribution in [1.29, 1.82) is 0 Å². The van der Waals surface area contributed by atoms with Crippen molar-refractivity contribution in [2.75, 3.05) is 20.8 Å². The highest BCUT2D eigenvalue weighted by Crippen LogP contribution is 2.35. The first kappa shape index (κ1) is 18.3. The first-order valence-electron chi connectivity index (χ1n) is 6.23. The summed E-state index contributed by atoms with van der Waals surface area (Å²) in [5.41, 5.74) is 0.741. The van der Waals surface area contributed by atoms with Crippen molar-refractivity contribution < 1.29 is 23.9 Å². The van der Waals surface area contributed by atoms with Crippen molar-refractivity contribution in [3.63, 3.8) is 0 Å². The van der Waals surface area contributed by atoms with E-state index >= 15 is 0 Å². The fourth-order valence-corrected chi connectivity index (χ4v) is 4.28. The lowest BCUT2D eigenvalue weighted by Crippen LogP contribution is -2.22. The van der Waals surface area contributed by atoms with Crippen molar-refractivity contribution in [2.24, 2.45) is 0 Å². The van der Waals surface area contributed by atoms with Crippen LogP contribution in [0.4, 0.5) is 4.79 Å². The van der Waals surface area contributed by atoms with E-state index in [4.69, 9.17) is 4.74 Å². The molecule has 0 saturated carbocycles. The number of imide groups is 1. The molecule has 6 nitrogen and oxygen atoms in total. The summed E-state index contributed by atoms with van der Waals surface area (Å²) in [7, 11) is 2.73. The van der Waals surface area contributed by atoms with Crippen LogP contribution in [0.5, 0.6) is 5.75 Å². The van der Waals surface area contributed by atoms with E-state index in [2.05, 4.69) is 43.3 Å². The molecule has 0 spiro atoms. The number of benzene rings is 1. The highest BCUT2D eigenvalue weighted by molar-refractivity contribution is 14.1. The molecule has 0 bridgehead atoms. The maximum Gasteiger partial charge on any atom is 0.343 e. The Kier molecular flexibility index (Phi) is 6.09. The van der Waals surface area contributed by atoms with Gasteiger partial charge < -0.3 is 9.47 Å². The third kappa shape index (κ3) is 4.27. The number of halogens is 2. The van der Waals surface area contributed by atoms with Gasteiger partial charge in [0.15, 0.2) is 6.61 Å². The number of hydrogen-bond acceptors (Lipinski definition) is 6. The summed E-state index contributed by atoms with van der Waals surface area (Å²) >= 11 is 6.34. The van der Waals surface area contributed by atoms with Crippen LogP contribution in [0.3, 0.4) is 0 Å². The first-order chi connectivity index (χ1) is 10.8. The molecule has 122 valence electrons. The van der Waals surface area contributed by atoms with Crippen LogP contribution in [0.15, 0.2) is 21.5 Å². The van der Waals surface area contributed by atoms with Crippen LogP contribution < -0.4 is 4.74 Å². The quantitative estimate of drug-likeness (QED) is 0.351. The topological polar surface area (TPSA) is 72.9 Å². The first-order valence-corrected chi connectivity index (χ1v) is 8.92. The van der Waals surface area contributed by atoms with Gasteiger partial charge in [0.2, 0.25) is 0 Å². The Bertz CT molecular complexity index is 698. The average molecular weight is 512 g/mol. The number of likely N-dealkylation sites (N-methyl/N-ethyl adjacent to an activating group) is 1. The van der Waals surface area contributed by atoms with E-state index in [-0.39, 0.29) is 17.8 Å². The zero-order chi connectivity index (χ0) is 17.1. The molecule has 1 aliphatic rings. The van der Waals surface area contributed by atoms with E-state index in [1.54, 1.807) is 18.2 Å². The Morgan fingerprint density at radius 3 is 2.65 bits per heavy atom. The molecule has 1 aliphatic heterocycles. The Balaban J connectivity index is 2.25. The van der Waals surface area contributed by atoms with E-state index in [9.17, 15) is 14.4 Å². The standard InChI is InChI=1S/C14H11BrINO5S/c1-17-13(19)10(23-14(17)20)5-7-3-8(15)12(9(16)4-7)22-6-11(18)21-2/h3-5H,6H2,1-2H3/b10-5-. The molecule has 0 unspecified atom stereocenters. The van der Waals surface area contributed by atoms with Crippen LogP contribution in [-0.2, 0) is 14.3 Å². The maximum atomic E-state index is 11.9. The fourth-order valence-electron chi connectivity index (χ4n) is 1.69. The average Bonchev–Trinajstić information content (AvgIpc) is 2.73. The molecule has 0 N–H and O–H groups in total. The predicted octanol–water partition coefficient (Wildman–Crippen LogP) is 3.27. The van der Waals surface area contributed by atoms with E-state index in [0.717, 1.165) is 25.8 Å². The third-order valence-corrected chi connectivity index (χ3v) is 5.22. The molecule has 0 aliphatic carbocycles. The summed E-state index contributed by atoms with van der Waals surface area (Å²) in [4.78, 5) is 36.0. The van der Waals surface area contributed by atoms with Gasteiger partial charge in [0.25, 0.3) is 11.1 Å². The number of carbonyl (C=O) groups excluding carboxylic acids is 3. The van der Waals surface area contributed by atoms with Crippen LogP contribution in [0.25, 0.3) is 6.08 Å². The zero-order valence-electron chi connectivity index (χ0n) is 12.1. The van der Waals surface area contributed by atoms with Crippen molar-refractivity contribution in [3.8, 4) is 5.75 Å². The van der Waals surface area contributed by atoms with Crippen molar-refractivity contribution in [1.82, 2.24) is 4.90 Å². The predicted molar refractivity (Wildman–Crippen MR) is 98.1 cm³/mol. The summed E-state index contributed by atoms with van der Waals surface area (Å²) in [6.45, 7) is -0.195. The normalized spacial score (nSPS) is 16.2. The smallest absolute Gasteiger partial charge is 0.343 e. The number of rotatable bonds is 4. The van der Waals surface area contributed by atoms with Gasteiger partial charge >= 0.3 is 5.97 Å². The molecule has 1 aromatic rings. The second-order valence-electron chi connectivity index (χ2n) is 4.42. The largest absolute Gasteiger partial charge is 0.480 e. The Morgan fingerprint density at radius 1 is 1.43 bits per heavy atom. The minimum absolute atomic E-state index is 0.195. The molecular weight excluding hydrogens is 501 g/mol. The highest BCUT2D eigenvalue weighted by Gasteiger charge is 2.31. The number of thioether (sulfide) groups is 1. The van der Waals surface area contributed by atoms with Gasteiger partial charge in [-0.15, -0.1) is 0 Å². The number of nitrogens with zero attached hydrogens (tertiary/aromatic N) is 1.